The van der Waals surface area contributed by atoms with Crippen LogP contribution in [-0.2, 0) is 6.54 Å². The molecule has 0 radical (unpaired) electrons. The van der Waals surface area contributed by atoms with Crippen LogP contribution in [0.3, 0.4) is 0 Å². The first-order valence-corrected chi connectivity index (χ1v) is 6.49. The van der Waals surface area contributed by atoms with Crippen molar-refractivity contribution < 1.29 is 4.74 Å². The molecule has 0 heterocycles. The van der Waals surface area contributed by atoms with Crippen molar-refractivity contribution in [2.24, 2.45) is 0 Å². The number of benzene rings is 1. The molecule has 1 N–H and O–H groups in total. The Hall–Kier alpha value is -1.28. The molecule has 1 atom stereocenters. The molecule has 2 rings (SSSR count). The molecule has 92 valence electrons. The predicted octanol–water partition coefficient (Wildman–Crippen LogP) is 3.28. The average molecular weight is 231 g/mol. The molecule has 1 aromatic carbocycles. The van der Waals surface area contributed by atoms with Crippen LogP contribution in [0.4, 0.5) is 0 Å². The van der Waals surface area contributed by atoms with E-state index in [-0.39, 0.29) is 0 Å². The van der Waals surface area contributed by atoms with Gasteiger partial charge in [0, 0.05) is 18.2 Å². The third-order valence-corrected chi connectivity index (χ3v) is 3.12. The number of hydrogen-bond donors (Lipinski definition) is 1. The molecule has 0 spiro atoms. The van der Waals surface area contributed by atoms with E-state index in [1.165, 1.54) is 18.4 Å². The quantitative estimate of drug-likeness (QED) is 0.785. The van der Waals surface area contributed by atoms with Gasteiger partial charge in [0.25, 0.3) is 0 Å². The maximum atomic E-state index is 5.62. The van der Waals surface area contributed by atoms with E-state index in [1.54, 1.807) is 0 Å². The van der Waals surface area contributed by atoms with Crippen LogP contribution < -0.4 is 10.1 Å². The zero-order valence-electron chi connectivity index (χ0n) is 10.5. The number of nitrogens with one attached hydrogen (secondary N) is 1. The van der Waals surface area contributed by atoms with E-state index in [4.69, 9.17) is 4.74 Å². The minimum atomic E-state index is 0.620. The van der Waals surface area contributed by atoms with Crippen molar-refractivity contribution in [3.8, 4) is 5.75 Å². The number of para-hydroxylation sites is 1. The van der Waals surface area contributed by atoms with Crippen molar-refractivity contribution in [3.05, 3.63) is 42.0 Å². The van der Waals surface area contributed by atoms with Gasteiger partial charge in [-0.25, -0.2) is 0 Å². The van der Waals surface area contributed by atoms with Gasteiger partial charge < -0.3 is 10.1 Å². The van der Waals surface area contributed by atoms with Crippen LogP contribution in [0.5, 0.6) is 5.75 Å². The molecule has 1 aromatic rings. The lowest BCUT2D eigenvalue weighted by molar-refractivity contribution is 0.334. The molecular weight excluding hydrogens is 210 g/mol. The van der Waals surface area contributed by atoms with E-state index in [0.29, 0.717) is 6.04 Å². The van der Waals surface area contributed by atoms with Crippen LogP contribution in [0.25, 0.3) is 0 Å². The monoisotopic (exact) mass is 231 g/mol. The van der Waals surface area contributed by atoms with Crippen molar-refractivity contribution in [1.82, 2.24) is 5.32 Å². The number of rotatable bonds is 5. The third-order valence-electron chi connectivity index (χ3n) is 3.12. The highest BCUT2D eigenvalue weighted by Gasteiger charge is 2.10. The summed E-state index contributed by atoms with van der Waals surface area (Å²) in [6.07, 6.45) is 8.14. The first-order valence-electron chi connectivity index (χ1n) is 6.49. The van der Waals surface area contributed by atoms with Gasteiger partial charge in [-0.05, 0) is 32.3 Å². The van der Waals surface area contributed by atoms with E-state index in [0.717, 1.165) is 25.3 Å². The summed E-state index contributed by atoms with van der Waals surface area (Å²) >= 11 is 0. The molecule has 0 aliphatic heterocycles. The molecule has 1 aliphatic rings. The Morgan fingerprint density at radius 3 is 2.94 bits per heavy atom. The molecule has 0 amide bonds. The lowest BCUT2D eigenvalue weighted by Crippen LogP contribution is -2.29. The maximum Gasteiger partial charge on any atom is 0.123 e. The number of hydrogen-bond acceptors (Lipinski definition) is 2. The van der Waals surface area contributed by atoms with E-state index >= 15 is 0 Å². The minimum Gasteiger partial charge on any atom is -0.494 e. The van der Waals surface area contributed by atoms with Crippen molar-refractivity contribution in [2.75, 3.05) is 6.61 Å². The fourth-order valence-corrected chi connectivity index (χ4v) is 2.18. The molecule has 2 heteroatoms. The Labute approximate surface area is 104 Å². The second-order valence-electron chi connectivity index (χ2n) is 4.40. The number of allylic oxidation sites excluding steroid dienone is 1. The van der Waals surface area contributed by atoms with Crippen LogP contribution in [0.15, 0.2) is 36.4 Å². The Morgan fingerprint density at radius 2 is 2.18 bits per heavy atom. The molecule has 0 saturated carbocycles. The minimum absolute atomic E-state index is 0.620. The van der Waals surface area contributed by atoms with Crippen molar-refractivity contribution in [3.63, 3.8) is 0 Å². The van der Waals surface area contributed by atoms with Gasteiger partial charge in [0.05, 0.1) is 6.61 Å². The smallest absolute Gasteiger partial charge is 0.123 e. The van der Waals surface area contributed by atoms with Gasteiger partial charge in [-0.1, -0.05) is 30.4 Å². The normalized spacial score (nSPS) is 19.2. The van der Waals surface area contributed by atoms with Crippen LogP contribution in [0, 0.1) is 0 Å². The molecule has 17 heavy (non-hydrogen) atoms. The molecule has 1 unspecified atom stereocenters. The highest BCUT2D eigenvalue weighted by molar-refractivity contribution is 5.33. The topological polar surface area (TPSA) is 21.3 Å². The zero-order valence-corrected chi connectivity index (χ0v) is 10.5. The Balaban J connectivity index is 1.91. The lowest BCUT2D eigenvalue weighted by Gasteiger charge is -2.20. The molecule has 0 aromatic heterocycles. The summed E-state index contributed by atoms with van der Waals surface area (Å²) in [5, 5.41) is 3.61. The van der Waals surface area contributed by atoms with Crippen LogP contribution in [0.1, 0.15) is 31.7 Å². The molecule has 1 aliphatic carbocycles. The van der Waals surface area contributed by atoms with Gasteiger partial charge in [0.1, 0.15) is 5.75 Å². The predicted molar refractivity (Wildman–Crippen MR) is 71.2 cm³/mol. The summed E-state index contributed by atoms with van der Waals surface area (Å²) in [5.41, 5.74) is 1.25. The molecule has 0 fully saturated rings. The summed E-state index contributed by atoms with van der Waals surface area (Å²) < 4.78 is 5.62. The highest BCUT2D eigenvalue weighted by atomic mass is 16.5. The second kappa shape index (κ2) is 6.45. The Kier molecular flexibility index (Phi) is 4.63. The zero-order chi connectivity index (χ0) is 11.9. The first kappa shape index (κ1) is 12.2. The Morgan fingerprint density at radius 1 is 1.29 bits per heavy atom. The SMILES string of the molecule is CCOc1ccccc1CNC1CC=CCC1. The van der Waals surface area contributed by atoms with Gasteiger partial charge in [-0.2, -0.15) is 0 Å². The van der Waals surface area contributed by atoms with E-state index in [9.17, 15) is 0 Å². The van der Waals surface area contributed by atoms with Gasteiger partial charge in [0.15, 0.2) is 0 Å². The third kappa shape index (κ3) is 3.60. The van der Waals surface area contributed by atoms with Crippen molar-refractivity contribution >= 4 is 0 Å². The van der Waals surface area contributed by atoms with E-state index < -0.39 is 0 Å². The van der Waals surface area contributed by atoms with E-state index in [2.05, 4.69) is 29.6 Å². The van der Waals surface area contributed by atoms with Gasteiger partial charge in [-0.15, -0.1) is 0 Å². The first-order chi connectivity index (χ1) is 8.40. The maximum absolute atomic E-state index is 5.62. The summed E-state index contributed by atoms with van der Waals surface area (Å²) in [6, 6.07) is 8.89. The molecule has 2 nitrogen and oxygen atoms in total. The van der Waals surface area contributed by atoms with Gasteiger partial charge in [-0.3, -0.25) is 0 Å². The van der Waals surface area contributed by atoms with Gasteiger partial charge >= 0.3 is 0 Å². The summed E-state index contributed by atoms with van der Waals surface area (Å²) in [7, 11) is 0. The van der Waals surface area contributed by atoms with Crippen LogP contribution in [0.2, 0.25) is 0 Å². The standard InChI is InChI=1S/C15H21NO/c1-2-17-15-11-7-6-8-13(15)12-16-14-9-4-3-5-10-14/h3-4,6-8,11,14,16H,2,5,9-10,12H2,1H3. The summed E-state index contributed by atoms with van der Waals surface area (Å²) in [4.78, 5) is 0. The average Bonchev–Trinajstić information content (AvgIpc) is 2.39. The fourth-order valence-electron chi connectivity index (χ4n) is 2.18. The summed E-state index contributed by atoms with van der Waals surface area (Å²) in [6.45, 7) is 3.65. The Bertz CT molecular complexity index is 373. The second-order valence-corrected chi connectivity index (χ2v) is 4.40. The van der Waals surface area contributed by atoms with Crippen molar-refractivity contribution in [2.45, 2.75) is 38.8 Å². The molecule has 0 bridgehead atoms. The largest absolute Gasteiger partial charge is 0.494 e. The highest BCUT2D eigenvalue weighted by Crippen LogP contribution is 2.19. The summed E-state index contributed by atoms with van der Waals surface area (Å²) in [5.74, 6) is 1.01. The number of ether oxygens (including phenoxy) is 1. The lowest BCUT2D eigenvalue weighted by atomic mass is 10.0. The van der Waals surface area contributed by atoms with Crippen LogP contribution >= 0.6 is 0 Å². The van der Waals surface area contributed by atoms with Crippen molar-refractivity contribution in [1.29, 1.82) is 0 Å². The van der Waals surface area contributed by atoms with E-state index in [1.807, 2.05) is 19.1 Å². The molecular formula is C15H21NO. The van der Waals surface area contributed by atoms with Crippen LogP contribution in [-0.4, -0.2) is 12.6 Å². The fraction of sp³-hybridized carbons (Fsp3) is 0.467. The molecule has 0 saturated heterocycles. The van der Waals surface area contributed by atoms with Gasteiger partial charge in [0.2, 0.25) is 0 Å².